The lowest BCUT2D eigenvalue weighted by atomic mass is 10.1. The van der Waals surface area contributed by atoms with E-state index in [0.717, 1.165) is 29.8 Å². The van der Waals surface area contributed by atoms with Gasteiger partial charge in [0.25, 0.3) is 5.91 Å². The number of nitrogens with zero attached hydrogens (tertiary/aromatic N) is 2. The van der Waals surface area contributed by atoms with Crippen LogP contribution in [0.3, 0.4) is 0 Å². The van der Waals surface area contributed by atoms with Crippen LogP contribution in [0.1, 0.15) is 27.9 Å². The van der Waals surface area contributed by atoms with Gasteiger partial charge in [0, 0.05) is 29.9 Å². The van der Waals surface area contributed by atoms with Crippen LogP contribution in [-0.2, 0) is 13.2 Å². The van der Waals surface area contributed by atoms with Crippen molar-refractivity contribution < 1.29 is 9.53 Å². The monoisotopic (exact) mass is 383 g/mol. The number of hydrogen-bond donors (Lipinski definition) is 1. The zero-order chi connectivity index (χ0) is 19.1. The van der Waals surface area contributed by atoms with Crippen molar-refractivity contribution in [3.8, 4) is 5.75 Å². The number of rotatable bonds is 8. The van der Waals surface area contributed by atoms with E-state index >= 15 is 0 Å². The number of hydrogen-bond acceptors (Lipinski definition) is 3. The molecule has 0 aliphatic rings. The minimum Gasteiger partial charge on any atom is -0.489 e. The van der Waals surface area contributed by atoms with Gasteiger partial charge in [0.05, 0.1) is 6.20 Å². The average molecular weight is 384 g/mol. The number of carbonyl (C=O) groups excluding carboxylic acids is 1. The molecule has 0 radical (unpaired) electrons. The van der Waals surface area contributed by atoms with Crippen LogP contribution in [0.2, 0.25) is 5.02 Å². The zero-order valence-corrected chi connectivity index (χ0v) is 15.9. The van der Waals surface area contributed by atoms with Crippen molar-refractivity contribution in [3.05, 3.63) is 82.6 Å². The highest BCUT2D eigenvalue weighted by Gasteiger charge is 2.06. The zero-order valence-electron chi connectivity index (χ0n) is 15.2. The minimum absolute atomic E-state index is 0.0833. The van der Waals surface area contributed by atoms with Crippen LogP contribution in [0, 0.1) is 6.92 Å². The van der Waals surface area contributed by atoms with Gasteiger partial charge in [0.1, 0.15) is 12.4 Å². The fourth-order valence-corrected chi connectivity index (χ4v) is 2.76. The Morgan fingerprint density at radius 1 is 1.22 bits per heavy atom. The molecule has 3 rings (SSSR count). The summed E-state index contributed by atoms with van der Waals surface area (Å²) in [6.45, 7) is 3.78. The third kappa shape index (κ3) is 5.86. The molecule has 3 aromatic rings. The topological polar surface area (TPSA) is 56.2 Å². The molecule has 1 aromatic heterocycles. The van der Waals surface area contributed by atoms with E-state index in [2.05, 4.69) is 10.4 Å². The van der Waals surface area contributed by atoms with Gasteiger partial charge in [-0.2, -0.15) is 5.10 Å². The summed E-state index contributed by atoms with van der Waals surface area (Å²) >= 11 is 5.87. The quantitative estimate of drug-likeness (QED) is 0.592. The van der Waals surface area contributed by atoms with E-state index in [4.69, 9.17) is 16.3 Å². The number of amides is 1. The molecule has 0 aliphatic heterocycles. The van der Waals surface area contributed by atoms with Gasteiger partial charge in [-0.05, 0) is 60.9 Å². The van der Waals surface area contributed by atoms with Gasteiger partial charge in [0.15, 0.2) is 0 Å². The van der Waals surface area contributed by atoms with Gasteiger partial charge in [-0.1, -0.05) is 23.7 Å². The fourth-order valence-electron chi connectivity index (χ4n) is 2.63. The lowest BCUT2D eigenvalue weighted by molar-refractivity contribution is 0.0952. The highest BCUT2D eigenvalue weighted by Crippen LogP contribution is 2.17. The van der Waals surface area contributed by atoms with Crippen LogP contribution in [0.15, 0.2) is 60.9 Å². The van der Waals surface area contributed by atoms with Gasteiger partial charge in [-0.3, -0.25) is 9.48 Å². The average Bonchev–Trinajstić information content (AvgIpc) is 3.10. The molecule has 0 bridgehead atoms. The fraction of sp³-hybridized carbons (Fsp3) is 0.238. The number of carbonyl (C=O) groups is 1. The van der Waals surface area contributed by atoms with Gasteiger partial charge in [-0.25, -0.2) is 0 Å². The highest BCUT2D eigenvalue weighted by molar-refractivity contribution is 6.30. The minimum atomic E-state index is -0.0833. The largest absolute Gasteiger partial charge is 0.489 e. The summed E-state index contributed by atoms with van der Waals surface area (Å²) in [4.78, 5) is 12.3. The molecule has 27 heavy (non-hydrogen) atoms. The van der Waals surface area contributed by atoms with Crippen molar-refractivity contribution in [2.24, 2.45) is 0 Å². The Morgan fingerprint density at radius 3 is 2.78 bits per heavy atom. The van der Waals surface area contributed by atoms with Gasteiger partial charge in [0.2, 0.25) is 0 Å². The van der Waals surface area contributed by atoms with Gasteiger partial charge >= 0.3 is 0 Å². The molecule has 0 unspecified atom stereocenters. The third-order valence-electron chi connectivity index (χ3n) is 4.02. The van der Waals surface area contributed by atoms with Crippen molar-refractivity contribution in [2.45, 2.75) is 26.5 Å². The molecule has 0 aliphatic carbocycles. The molecule has 0 saturated carbocycles. The maximum Gasteiger partial charge on any atom is 0.251 e. The second kappa shape index (κ2) is 9.24. The molecule has 0 saturated heterocycles. The molecule has 0 spiro atoms. The molecule has 5 nitrogen and oxygen atoms in total. The summed E-state index contributed by atoms with van der Waals surface area (Å²) in [5.41, 5.74) is 2.70. The maximum atomic E-state index is 12.3. The smallest absolute Gasteiger partial charge is 0.251 e. The molecule has 1 N–H and O–H groups in total. The van der Waals surface area contributed by atoms with Crippen molar-refractivity contribution >= 4 is 17.5 Å². The van der Waals surface area contributed by atoms with E-state index < -0.39 is 0 Å². The van der Waals surface area contributed by atoms with E-state index in [-0.39, 0.29) is 5.91 Å². The van der Waals surface area contributed by atoms with E-state index in [9.17, 15) is 4.79 Å². The Bertz CT molecular complexity index is 890. The summed E-state index contributed by atoms with van der Waals surface area (Å²) in [6.07, 6.45) is 4.65. The van der Waals surface area contributed by atoms with Gasteiger partial charge in [-0.15, -0.1) is 0 Å². The lowest BCUT2D eigenvalue weighted by Gasteiger charge is -2.09. The standard InChI is InChI=1S/C21H22ClN3O2/c1-16-13-24-25(14-16)11-3-10-23-21(26)18-5-2-4-17(12-18)15-27-20-8-6-19(22)7-9-20/h2,4-9,12-14H,3,10-11,15H2,1H3,(H,23,26). The van der Waals surface area contributed by atoms with Crippen LogP contribution < -0.4 is 10.1 Å². The molecule has 2 aromatic carbocycles. The Hall–Kier alpha value is -2.79. The van der Waals surface area contributed by atoms with Crippen LogP contribution in [0.25, 0.3) is 0 Å². The van der Waals surface area contributed by atoms with E-state index in [1.165, 1.54) is 0 Å². The first-order chi connectivity index (χ1) is 13.1. The Labute approximate surface area is 163 Å². The molecular formula is C21H22ClN3O2. The predicted molar refractivity (Wildman–Crippen MR) is 106 cm³/mol. The molecule has 0 fully saturated rings. The number of ether oxygens (including phenoxy) is 1. The normalized spacial score (nSPS) is 10.6. The van der Waals surface area contributed by atoms with Crippen molar-refractivity contribution in [3.63, 3.8) is 0 Å². The van der Waals surface area contributed by atoms with Crippen LogP contribution in [0.5, 0.6) is 5.75 Å². The van der Waals surface area contributed by atoms with Gasteiger partial charge < -0.3 is 10.1 Å². The molecule has 140 valence electrons. The number of benzene rings is 2. The SMILES string of the molecule is Cc1cnn(CCCNC(=O)c2cccc(COc3ccc(Cl)cc3)c2)c1. The van der Waals surface area contributed by atoms with Crippen LogP contribution >= 0.6 is 11.6 Å². The van der Waals surface area contributed by atoms with Crippen molar-refractivity contribution in [1.82, 2.24) is 15.1 Å². The second-order valence-corrected chi connectivity index (χ2v) is 6.77. The van der Waals surface area contributed by atoms with Crippen molar-refractivity contribution in [1.29, 1.82) is 0 Å². The number of aromatic nitrogens is 2. The van der Waals surface area contributed by atoms with E-state index in [1.54, 1.807) is 18.2 Å². The first-order valence-electron chi connectivity index (χ1n) is 8.85. The lowest BCUT2D eigenvalue weighted by Crippen LogP contribution is -2.25. The van der Waals surface area contributed by atoms with E-state index in [0.29, 0.717) is 23.7 Å². The Morgan fingerprint density at radius 2 is 2.04 bits per heavy atom. The van der Waals surface area contributed by atoms with Crippen molar-refractivity contribution in [2.75, 3.05) is 6.54 Å². The van der Waals surface area contributed by atoms with E-state index in [1.807, 2.05) is 54.3 Å². The van der Waals surface area contributed by atoms with Crippen LogP contribution in [-0.4, -0.2) is 22.2 Å². The summed E-state index contributed by atoms with van der Waals surface area (Å²) in [6, 6.07) is 14.7. The highest BCUT2D eigenvalue weighted by atomic mass is 35.5. The maximum absolute atomic E-state index is 12.3. The first-order valence-corrected chi connectivity index (χ1v) is 9.22. The molecule has 0 atom stereocenters. The first kappa shape index (κ1) is 19.0. The number of halogens is 1. The summed E-state index contributed by atoms with van der Waals surface area (Å²) in [7, 11) is 0. The molecule has 1 heterocycles. The predicted octanol–water partition coefficient (Wildman–Crippen LogP) is 4.24. The third-order valence-corrected chi connectivity index (χ3v) is 4.27. The number of nitrogens with one attached hydrogen (secondary N) is 1. The molecule has 1 amide bonds. The molecular weight excluding hydrogens is 362 g/mol. The Kier molecular flexibility index (Phi) is 6.49. The van der Waals surface area contributed by atoms with Crippen LogP contribution in [0.4, 0.5) is 0 Å². The second-order valence-electron chi connectivity index (χ2n) is 6.33. The summed E-state index contributed by atoms with van der Waals surface area (Å²) in [5.74, 6) is 0.656. The molecule has 6 heteroatoms. The summed E-state index contributed by atoms with van der Waals surface area (Å²) < 4.78 is 7.62. The Balaban J connectivity index is 1.47. The summed E-state index contributed by atoms with van der Waals surface area (Å²) in [5, 5.41) is 7.85. The number of aryl methyl sites for hydroxylation is 2.